The Kier molecular flexibility index (Phi) is 9.10. The van der Waals surface area contributed by atoms with Crippen LogP contribution in [0.1, 0.15) is 56.7 Å². The van der Waals surface area contributed by atoms with Gasteiger partial charge in [0.05, 0.1) is 4.75 Å². The molecule has 0 saturated carbocycles. The average Bonchev–Trinajstić information content (AvgIpc) is 3.40. The number of anilines is 1. The molecule has 3 heterocycles. The first-order valence-electron chi connectivity index (χ1n) is 12.4. The molecule has 2 aromatic rings. The summed E-state index contributed by atoms with van der Waals surface area (Å²) in [4.78, 5) is 34.7. The molecule has 1 aromatic heterocycles. The summed E-state index contributed by atoms with van der Waals surface area (Å²) in [6, 6.07) is 12.1. The molecule has 0 spiro atoms. The first kappa shape index (κ1) is 26.0. The zero-order valence-corrected chi connectivity index (χ0v) is 22.1. The lowest BCUT2D eigenvalue weighted by molar-refractivity contribution is -0.200. The van der Waals surface area contributed by atoms with Gasteiger partial charge in [0.25, 0.3) is 0 Å². The molecule has 1 aromatic carbocycles. The number of carbonyl (C=O) groups is 2. The van der Waals surface area contributed by atoms with Crippen molar-refractivity contribution in [2.45, 2.75) is 62.9 Å². The third kappa shape index (κ3) is 6.78. The molecule has 0 radical (unpaired) electrons. The molecule has 0 bridgehead atoms. The van der Waals surface area contributed by atoms with Crippen molar-refractivity contribution in [2.24, 2.45) is 0 Å². The number of hydroxylamine groups is 1. The van der Waals surface area contributed by atoms with E-state index >= 15 is 0 Å². The normalized spacial score (nSPS) is 22.4. The molecular weight excluding hydrogens is 482 g/mol. The van der Waals surface area contributed by atoms with Crippen molar-refractivity contribution >= 4 is 40.7 Å². The Morgan fingerprint density at radius 3 is 2.83 bits per heavy atom. The number of ether oxygens (including phenoxy) is 1. The number of carbonyl (C=O) groups excluding carboxylic acids is 2. The van der Waals surface area contributed by atoms with Gasteiger partial charge in [0.2, 0.25) is 5.91 Å². The summed E-state index contributed by atoms with van der Waals surface area (Å²) in [6.07, 6.45) is 6.18. The molecule has 190 valence electrons. The highest BCUT2D eigenvalue weighted by atomic mass is 32.2. The van der Waals surface area contributed by atoms with Crippen LogP contribution in [0, 0.1) is 0 Å². The zero-order chi connectivity index (χ0) is 24.7. The van der Waals surface area contributed by atoms with E-state index in [0.29, 0.717) is 19.6 Å². The second-order valence-corrected chi connectivity index (χ2v) is 11.7. The van der Waals surface area contributed by atoms with E-state index in [-0.39, 0.29) is 23.0 Å². The second kappa shape index (κ2) is 12.3. The number of amides is 3. The van der Waals surface area contributed by atoms with E-state index in [1.165, 1.54) is 11.3 Å². The number of thioether (sulfide) groups is 1. The van der Waals surface area contributed by atoms with Gasteiger partial charge in [0, 0.05) is 48.5 Å². The highest BCUT2D eigenvalue weighted by Gasteiger charge is 2.38. The summed E-state index contributed by atoms with van der Waals surface area (Å²) < 4.78 is 5.31. The lowest BCUT2D eigenvalue weighted by atomic mass is 9.94. The predicted octanol–water partition coefficient (Wildman–Crippen LogP) is 5.98. The molecule has 35 heavy (non-hydrogen) atoms. The number of benzene rings is 1. The molecule has 4 rings (SSSR count). The van der Waals surface area contributed by atoms with Crippen LogP contribution >= 0.6 is 23.1 Å². The highest BCUT2D eigenvalue weighted by Crippen LogP contribution is 2.51. The predicted molar refractivity (Wildman–Crippen MR) is 143 cm³/mol. The van der Waals surface area contributed by atoms with E-state index in [0.717, 1.165) is 54.0 Å². The summed E-state index contributed by atoms with van der Waals surface area (Å²) in [7, 11) is 1.77. The fraction of sp³-hybridized carbons (Fsp3) is 0.538. The number of rotatable bonds is 8. The van der Waals surface area contributed by atoms with Crippen LogP contribution in [0.3, 0.4) is 0 Å². The summed E-state index contributed by atoms with van der Waals surface area (Å²) in [5.41, 5.74) is 4.48. The number of urea groups is 1. The monoisotopic (exact) mass is 517 g/mol. The molecule has 9 heteroatoms. The fourth-order valence-electron chi connectivity index (χ4n) is 4.35. The lowest BCUT2D eigenvalue weighted by Gasteiger charge is -2.35. The topological polar surface area (TPSA) is 79.9 Å². The van der Waals surface area contributed by atoms with Gasteiger partial charge in [-0.05, 0) is 68.2 Å². The molecule has 0 aliphatic carbocycles. The highest BCUT2D eigenvalue weighted by molar-refractivity contribution is 8.00. The average molecular weight is 518 g/mol. The van der Waals surface area contributed by atoms with E-state index in [1.54, 1.807) is 23.3 Å². The maximum absolute atomic E-state index is 12.9. The Morgan fingerprint density at radius 2 is 2.09 bits per heavy atom. The first-order chi connectivity index (χ1) is 17.0. The summed E-state index contributed by atoms with van der Waals surface area (Å²) in [6.45, 7) is 3.27. The van der Waals surface area contributed by atoms with Gasteiger partial charge < -0.3 is 15.0 Å². The van der Waals surface area contributed by atoms with Crippen LogP contribution < -0.4 is 10.8 Å². The number of nitrogens with one attached hydrogen (secondary N) is 2. The molecule has 3 amide bonds. The van der Waals surface area contributed by atoms with Crippen molar-refractivity contribution in [3.8, 4) is 10.4 Å². The molecule has 2 aliphatic heterocycles. The van der Waals surface area contributed by atoms with E-state index in [2.05, 4.69) is 29.0 Å². The third-order valence-corrected chi connectivity index (χ3v) is 9.60. The Bertz CT molecular complexity index is 1000. The lowest BCUT2D eigenvalue weighted by Crippen LogP contribution is -2.37. The fourth-order valence-corrected chi connectivity index (χ4v) is 7.24. The number of hydrogen-bond donors (Lipinski definition) is 2. The van der Waals surface area contributed by atoms with Gasteiger partial charge >= 0.3 is 6.03 Å². The van der Waals surface area contributed by atoms with E-state index < -0.39 is 0 Å². The van der Waals surface area contributed by atoms with Crippen molar-refractivity contribution in [1.29, 1.82) is 0 Å². The van der Waals surface area contributed by atoms with Gasteiger partial charge in [-0.15, -0.1) is 23.1 Å². The number of thiophene rings is 1. The Morgan fingerprint density at radius 1 is 1.20 bits per heavy atom. The molecule has 2 aliphatic rings. The smallest absolute Gasteiger partial charge is 0.321 e. The maximum Gasteiger partial charge on any atom is 0.321 e. The van der Waals surface area contributed by atoms with Gasteiger partial charge in [-0.1, -0.05) is 18.6 Å². The summed E-state index contributed by atoms with van der Waals surface area (Å²) in [5.74, 6) is 0.938. The second-order valence-electron chi connectivity index (χ2n) is 9.10. The Balaban J connectivity index is 1.46. The van der Waals surface area contributed by atoms with Crippen molar-refractivity contribution in [2.75, 3.05) is 31.3 Å². The SMILES string of the molecule is CCN(C)C(=O)Nc1cccc(-c2ccc([C@@]3(CC(=O)NOC4CCCCO4)CCCCS3)s2)c1. The van der Waals surface area contributed by atoms with Crippen LogP contribution in [0.4, 0.5) is 10.5 Å². The molecule has 2 N–H and O–H groups in total. The van der Waals surface area contributed by atoms with Gasteiger partial charge in [-0.2, -0.15) is 0 Å². The largest absolute Gasteiger partial charge is 0.350 e. The molecule has 2 saturated heterocycles. The standard InChI is InChI=1S/C26H35N3O4S2/c1-3-29(2)25(31)27-20-10-8-9-19(17-20)21-12-13-22(35-21)26(14-5-7-16-34-26)18-23(30)28-33-24-11-4-6-15-32-24/h8-10,12-13,17,24H,3-7,11,14-16,18H2,1-2H3,(H,27,31)(H,28,30)/t24?,26-/m0/s1. The Hall–Kier alpha value is -2.07. The van der Waals surface area contributed by atoms with Crippen LogP contribution in [-0.2, 0) is 19.1 Å². The summed E-state index contributed by atoms with van der Waals surface area (Å²) >= 11 is 3.61. The van der Waals surface area contributed by atoms with Gasteiger partial charge in [0.1, 0.15) is 0 Å². The van der Waals surface area contributed by atoms with Crippen LogP contribution in [0.2, 0.25) is 0 Å². The van der Waals surface area contributed by atoms with Crippen molar-refractivity contribution < 1.29 is 19.2 Å². The van der Waals surface area contributed by atoms with Crippen LogP contribution in [-0.4, -0.2) is 49.1 Å². The van der Waals surface area contributed by atoms with E-state index in [1.807, 2.05) is 36.9 Å². The van der Waals surface area contributed by atoms with E-state index in [9.17, 15) is 9.59 Å². The van der Waals surface area contributed by atoms with Crippen molar-refractivity contribution in [3.05, 3.63) is 41.3 Å². The minimum atomic E-state index is -0.346. The molecule has 1 unspecified atom stereocenters. The maximum atomic E-state index is 12.9. The molecular formula is C26H35N3O4S2. The van der Waals surface area contributed by atoms with Gasteiger partial charge in [-0.3, -0.25) is 4.79 Å². The minimum absolute atomic E-state index is 0.103. The number of nitrogens with zero attached hydrogens (tertiary/aromatic N) is 1. The zero-order valence-electron chi connectivity index (χ0n) is 20.5. The van der Waals surface area contributed by atoms with Crippen LogP contribution in [0.25, 0.3) is 10.4 Å². The molecule has 7 nitrogen and oxygen atoms in total. The van der Waals surface area contributed by atoms with Crippen LogP contribution in [0.15, 0.2) is 36.4 Å². The summed E-state index contributed by atoms with van der Waals surface area (Å²) in [5, 5.41) is 2.96. The van der Waals surface area contributed by atoms with Crippen LogP contribution in [0.5, 0.6) is 0 Å². The minimum Gasteiger partial charge on any atom is -0.350 e. The van der Waals surface area contributed by atoms with Crippen molar-refractivity contribution in [1.82, 2.24) is 10.4 Å². The number of hydrogen-bond acceptors (Lipinski definition) is 6. The van der Waals surface area contributed by atoms with Gasteiger partial charge in [-0.25, -0.2) is 15.1 Å². The molecule has 2 fully saturated rings. The quantitative estimate of drug-likeness (QED) is 0.422. The van der Waals surface area contributed by atoms with E-state index in [4.69, 9.17) is 9.57 Å². The van der Waals surface area contributed by atoms with Gasteiger partial charge in [0.15, 0.2) is 6.29 Å². The first-order valence-corrected chi connectivity index (χ1v) is 14.2. The van der Waals surface area contributed by atoms with Crippen molar-refractivity contribution in [3.63, 3.8) is 0 Å². The Labute approximate surface area is 215 Å². The third-order valence-electron chi connectivity index (χ3n) is 6.52. The molecule has 2 atom stereocenters.